The third kappa shape index (κ3) is 4.11. The van der Waals surface area contributed by atoms with Crippen LogP contribution in [0.15, 0.2) is 72.3 Å². The van der Waals surface area contributed by atoms with E-state index in [1.165, 1.54) is 23.8 Å². The number of halogens is 1. The lowest BCUT2D eigenvalue weighted by atomic mass is 9.95. The number of benzene rings is 3. The van der Waals surface area contributed by atoms with E-state index in [9.17, 15) is 14.3 Å². The average molecular weight is 451 g/mol. The molecular weight excluding hydrogens is 427 g/mol. The molecule has 0 amide bonds. The summed E-state index contributed by atoms with van der Waals surface area (Å²) in [4.78, 5) is 13.6. The zero-order valence-electron chi connectivity index (χ0n) is 18.5. The molecule has 1 fully saturated rings. The van der Waals surface area contributed by atoms with E-state index in [4.69, 9.17) is 5.26 Å². The van der Waals surface area contributed by atoms with Crippen molar-refractivity contribution in [1.82, 2.24) is 0 Å². The van der Waals surface area contributed by atoms with Crippen LogP contribution < -0.4 is 4.90 Å². The van der Waals surface area contributed by atoms with E-state index >= 15 is 0 Å². The van der Waals surface area contributed by atoms with Gasteiger partial charge in [0.05, 0.1) is 0 Å². The second-order valence-electron chi connectivity index (χ2n) is 8.74. The Morgan fingerprint density at radius 2 is 1.62 bits per heavy atom. The quantitative estimate of drug-likeness (QED) is 0.264. The van der Waals surface area contributed by atoms with E-state index in [1.54, 1.807) is 18.2 Å². The van der Waals surface area contributed by atoms with Gasteiger partial charge in [0.2, 0.25) is 0 Å². The van der Waals surface area contributed by atoms with Gasteiger partial charge in [-0.15, -0.1) is 0 Å². The third-order valence-electron chi connectivity index (χ3n) is 6.69. The Balaban J connectivity index is 1.43. The molecule has 2 aliphatic rings. The molecule has 0 bridgehead atoms. The summed E-state index contributed by atoms with van der Waals surface area (Å²) in [6.07, 6.45) is 8.79. The zero-order chi connectivity index (χ0) is 23.7. The number of hydrogen-bond acceptors (Lipinski definition) is 3. The lowest BCUT2D eigenvalue weighted by molar-refractivity contribution is -0.132. The van der Waals surface area contributed by atoms with Crippen LogP contribution in [-0.4, -0.2) is 17.1 Å². The predicted octanol–water partition coefficient (Wildman–Crippen LogP) is 6.78. The Hall–Kier alpha value is -4.17. The highest BCUT2D eigenvalue weighted by Gasteiger charge is 2.42. The fourth-order valence-electron chi connectivity index (χ4n) is 5.12. The minimum atomic E-state index is -1.21. The molecule has 2 atom stereocenters. The second kappa shape index (κ2) is 8.99. The van der Waals surface area contributed by atoms with Crippen LogP contribution in [0.2, 0.25) is 0 Å². The molecule has 5 heteroatoms. The van der Waals surface area contributed by atoms with E-state index < -0.39 is 5.97 Å². The first-order chi connectivity index (χ1) is 16.5. The summed E-state index contributed by atoms with van der Waals surface area (Å²) >= 11 is 0. The molecule has 3 aromatic rings. The minimum Gasteiger partial charge on any atom is -0.477 e. The van der Waals surface area contributed by atoms with Crippen LogP contribution >= 0.6 is 0 Å². The summed E-state index contributed by atoms with van der Waals surface area (Å²) in [5.41, 5.74) is 5.98. The Bertz CT molecular complexity index is 1330. The van der Waals surface area contributed by atoms with Crippen molar-refractivity contribution in [2.45, 2.75) is 31.2 Å². The first kappa shape index (κ1) is 21.7. The largest absolute Gasteiger partial charge is 0.477 e. The fourth-order valence-corrected chi connectivity index (χ4v) is 5.12. The summed E-state index contributed by atoms with van der Waals surface area (Å²) < 4.78 is 13.1. The van der Waals surface area contributed by atoms with E-state index in [0.29, 0.717) is 12.0 Å². The van der Waals surface area contributed by atoms with Crippen molar-refractivity contribution < 1.29 is 14.3 Å². The number of fused-ring (bicyclic) bond motifs is 3. The molecule has 1 aliphatic carbocycles. The Morgan fingerprint density at radius 3 is 2.26 bits per heavy atom. The van der Waals surface area contributed by atoms with Crippen molar-refractivity contribution >= 4 is 35.6 Å². The maximum atomic E-state index is 13.1. The summed E-state index contributed by atoms with van der Waals surface area (Å²) in [6, 6.07) is 22.9. The van der Waals surface area contributed by atoms with E-state index in [2.05, 4.69) is 29.2 Å². The van der Waals surface area contributed by atoms with Gasteiger partial charge >= 0.3 is 5.97 Å². The molecule has 0 spiro atoms. The van der Waals surface area contributed by atoms with Crippen molar-refractivity contribution in [2.24, 2.45) is 0 Å². The summed E-state index contributed by atoms with van der Waals surface area (Å²) in [6.45, 7) is 0. The zero-order valence-corrected chi connectivity index (χ0v) is 18.5. The van der Waals surface area contributed by atoms with Crippen LogP contribution in [0.3, 0.4) is 0 Å². The Kier molecular flexibility index (Phi) is 5.73. The minimum absolute atomic E-state index is 0.242. The van der Waals surface area contributed by atoms with Gasteiger partial charge in [0, 0.05) is 23.3 Å². The molecule has 5 rings (SSSR count). The van der Waals surface area contributed by atoms with Gasteiger partial charge in [-0.2, -0.15) is 5.26 Å². The molecule has 1 heterocycles. The van der Waals surface area contributed by atoms with Crippen LogP contribution in [0.1, 0.15) is 47.4 Å². The molecule has 3 aromatic carbocycles. The standard InChI is InChI=1S/C29H23FN2O2/c30-23-11-6-19(7-12-23)4-5-20-8-13-24(14-9-20)32-27-3-1-2-25(27)26-17-21(10-15-28(26)32)16-22(18-31)29(33)34/h4-17,25,27H,1-3H2,(H,33,34)/b5-4+,22-16-. The van der Waals surface area contributed by atoms with Crippen LogP contribution in [-0.2, 0) is 4.79 Å². The number of hydrogen-bond donors (Lipinski definition) is 1. The number of anilines is 2. The molecule has 34 heavy (non-hydrogen) atoms. The smallest absolute Gasteiger partial charge is 0.346 e. The van der Waals surface area contributed by atoms with E-state index in [1.807, 2.05) is 30.4 Å². The Labute approximate surface area is 197 Å². The molecule has 168 valence electrons. The topological polar surface area (TPSA) is 64.3 Å². The molecule has 1 N–H and O–H groups in total. The van der Waals surface area contributed by atoms with Crippen molar-refractivity contribution in [3.8, 4) is 6.07 Å². The number of nitriles is 1. The van der Waals surface area contributed by atoms with Crippen molar-refractivity contribution in [3.63, 3.8) is 0 Å². The number of carboxylic acid groups (broad SMARTS) is 1. The molecule has 1 saturated carbocycles. The molecule has 2 unspecified atom stereocenters. The van der Waals surface area contributed by atoms with Gasteiger partial charge in [0.15, 0.2) is 0 Å². The number of carboxylic acids is 1. The third-order valence-corrected chi connectivity index (χ3v) is 6.69. The van der Waals surface area contributed by atoms with Crippen molar-refractivity contribution in [1.29, 1.82) is 5.26 Å². The number of rotatable bonds is 5. The van der Waals surface area contributed by atoms with Gasteiger partial charge in [-0.05, 0) is 77.6 Å². The summed E-state index contributed by atoms with van der Waals surface area (Å²) in [7, 11) is 0. The lowest BCUT2D eigenvalue weighted by Crippen LogP contribution is -2.26. The van der Waals surface area contributed by atoms with Gasteiger partial charge < -0.3 is 10.0 Å². The lowest BCUT2D eigenvalue weighted by Gasteiger charge is -2.27. The van der Waals surface area contributed by atoms with E-state index in [-0.39, 0.29) is 11.4 Å². The maximum Gasteiger partial charge on any atom is 0.346 e. The van der Waals surface area contributed by atoms with Gasteiger partial charge in [-0.1, -0.05) is 48.9 Å². The van der Waals surface area contributed by atoms with E-state index in [0.717, 1.165) is 47.3 Å². The molecule has 0 aromatic heterocycles. The molecule has 0 saturated heterocycles. The monoisotopic (exact) mass is 450 g/mol. The fraction of sp³-hybridized carbons (Fsp3) is 0.172. The van der Waals surface area contributed by atoms with Gasteiger partial charge in [-0.25, -0.2) is 9.18 Å². The maximum absolute atomic E-state index is 13.1. The molecule has 4 nitrogen and oxygen atoms in total. The normalized spacial score (nSPS) is 19.2. The van der Waals surface area contributed by atoms with Crippen molar-refractivity contribution in [3.05, 3.63) is 100 Å². The van der Waals surface area contributed by atoms with Gasteiger partial charge in [0.1, 0.15) is 17.5 Å². The summed E-state index contributed by atoms with van der Waals surface area (Å²) in [5.74, 6) is -1.05. The number of nitrogens with zero attached hydrogens (tertiary/aromatic N) is 2. The van der Waals surface area contributed by atoms with Crippen LogP contribution in [0.5, 0.6) is 0 Å². The average Bonchev–Trinajstić information content (AvgIpc) is 3.43. The molecular formula is C29H23FN2O2. The number of carbonyl (C=O) groups is 1. The summed E-state index contributed by atoms with van der Waals surface area (Å²) in [5, 5.41) is 18.3. The SMILES string of the molecule is N#C/C(=C/c1ccc2c(c1)C1CCCC1N2c1ccc(/C=C/c2ccc(F)cc2)cc1)C(=O)O. The van der Waals surface area contributed by atoms with Crippen molar-refractivity contribution in [2.75, 3.05) is 4.90 Å². The predicted molar refractivity (Wildman–Crippen MR) is 132 cm³/mol. The first-order valence-corrected chi connectivity index (χ1v) is 11.4. The molecule has 0 radical (unpaired) electrons. The second-order valence-corrected chi connectivity index (χ2v) is 8.74. The van der Waals surface area contributed by atoms with Gasteiger partial charge in [0.25, 0.3) is 0 Å². The number of aliphatic carboxylic acids is 1. The molecule has 1 aliphatic heterocycles. The Morgan fingerprint density at radius 1 is 0.971 bits per heavy atom. The highest BCUT2D eigenvalue weighted by Crippen LogP contribution is 2.52. The highest BCUT2D eigenvalue weighted by atomic mass is 19.1. The first-order valence-electron chi connectivity index (χ1n) is 11.4. The van der Waals surface area contributed by atoms with Crippen LogP contribution in [0.25, 0.3) is 18.2 Å². The van der Waals surface area contributed by atoms with Crippen LogP contribution in [0, 0.1) is 17.1 Å². The van der Waals surface area contributed by atoms with Crippen LogP contribution in [0.4, 0.5) is 15.8 Å². The van der Waals surface area contributed by atoms with Gasteiger partial charge in [-0.3, -0.25) is 0 Å². The highest BCUT2D eigenvalue weighted by molar-refractivity contribution is 5.96.